The average Bonchev–Trinajstić information content (AvgIpc) is 3.04. The fraction of sp³-hybridized carbons (Fsp3) is 0.400. The number of carbonyl (C=O) groups is 1. The topological polar surface area (TPSA) is 70.1 Å². The minimum atomic E-state index is -0.237. The maximum atomic E-state index is 12.9. The summed E-state index contributed by atoms with van der Waals surface area (Å²) < 4.78 is 12.9. The molecule has 0 bridgehead atoms. The van der Waals surface area contributed by atoms with Crippen LogP contribution in [-0.4, -0.2) is 40.3 Å². The van der Waals surface area contributed by atoms with Crippen LogP contribution in [0.25, 0.3) is 0 Å². The Morgan fingerprint density at radius 1 is 1.30 bits per heavy atom. The van der Waals surface area contributed by atoms with E-state index in [4.69, 9.17) is 0 Å². The van der Waals surface area contributed by atoms with Gasteiger partial charge < -0.3 is 5.32 Å². The number of hydrogen-bond donors (Lipinski definition) is 2. The van der Waals surface area contributed by atoms with Crippen LogP contribution in [0.4, 0.5) is 14.3 Å². The minimum Gasteiger partial charge on any atom is -0.335 e. The zero-order chi connectivity index (χ0) is 16.1. The molecule has 2 N–H and O–H groups in total. The summed E-state index contributed by atoms with van der Waals surface area (Å²) in [6.45, 7) is 2.62. The predicted molar refractivity (Wildman–Crippen MR) is 86.8 cm³/mol. The van der Waals surface area contributed by atoms with Gasteiger partial charge in [-0.2, -0.15) is 0 Å². The molecule has 3 rings (SSSR count). The first-order valence-electron chi connectivity index (χ1n) is 7.49. The lowest BCUT2D eigenvalue weighted by Gasteiger charge is -2.32. The highest BCUT2D eigenvalue weighted by molar-refractivity contribution is 7.13. The van der Waals surface area contributed by atoms with Crippen molar-refractivity contribution in [3.8, 4) is 0 Å². The van der Waals surface area contributed by atoms with Crippen LogP contribution < -0.4 is 10.6 Å². The van der Waals surface area contributed by atoms with E-state index < -0.39 is 0 Å². The quantitative estimate of drug-likeness (QED) is 0.900. The molecule has 23 heavy (non-hydrogen) atoms. The number of benzene rings is 1. The number of likely N-dealkylation sites (tertiary alicyclic amines) is 1. The Labute approximate surface area is 137 Å². The van der Waals surface area contributed by atoms with Gasteiger partial charge in [0.2, 0.25) is 5.13 Å². The Bertz CT molecular complexity index is 626. The normalized spacial score (nSPS) is 16.2. The molecule has 1 aliphatic rings. The molecule has 0 unspecified atom stereocenters. The molecule has 0 radical (unpaired) electrons. The fourth-order valence-electron chi connectivity index (χ4n) is 2.63. The highest BCUT2D eigenvalue weighted by Gasteiger charge is 2.21. The van der Waals surface area contributed by atoms with Crippen molar-refractivity contribution >= 4 is 22.5 Å². The molecule has 122 valence electrons. The van der Waals surface area contributed by atoms with Crippen LogP contribution in [0.1, 0.15) is 18.4 Å². The monoisotopic (exact) mass is 335 g/mol. The number of rotatable bonds is 4. The van der Waals surface area contributed by atoms with Crippen LogP contribution >= 0.6 is 11.3 Å². The molecule has 1 saturated heterocycles. The van der Waals surface area contributed by atoms with Crippen LogP contribution in [0.3, 0.4) is 0 Å². The van der Waals surface area contributed by atoms with Gasteiger partial charge in [-0.3, -0.25) is 10.2 Å². The Morgan fingerprint density at radius 2 is 2.04 bits per heavy atom. The summed E-state index contributed by atoms with van der Waals surface area (Å²) in [5.41, 5.74) is 2.68. The van der Waals surface area contributed by atoms with Gasteiger partial charge in [-0.1, -0.05) is 23.5 Å². The Hall–Kier alpha value is -2.06. The third-order valence-electron chi connectivity index (χ3n) is 3.82. The van der Waals surface area contributed by atoms with Crippen molar-refractivity contribution in [2.45, 2.75) is 25.4 Å². The van der Waals surface area contributed by atoms with E-state index in [0.717, 1.165) is 38.0 Å². The summed E-state index contributed by atoms with van der Waals surface area (Å²) in [6, 6.07) is 6.53. The third-order valence-corrected chi connectivity index (χ3v) is 4.43. The van der Waals surface area contributed by atoms with E-state index in [1.807, 2.05) is 12.1 Å². The molecule has 1 aromatic carbocycles. The second-order valence-electron chi connectivity index (χ2n) is 5.52. The second-order valence-corrected chi connectivity index (χ2v) is 6.35. The zero-order valence-electron chi connectivity index (χ0n) is 12.5. The van der Waals surface area contributed by atoms with Crippen molar-refractivity contribution in [1.82, 2.24) is 20.4 Å². The van der Waals surface area contributed by atoms with Crippen molar-refractivity contribution in [2.75, 3.05) is 18.4 Å². The van der Waals surface area contributed by atoms with Crippen LogP contribution in [0.15, 0.2) is 29.8 Å². The molecule has 0 atom stereocenters. The SMILES string of the molecule is O=C(Nc1nncs1)NC1CCN(Cc2ccc(F)cc2)CC1. The standard InChI is InChI=1S/C15H18FN5OS/c16-12-3-1-11(2-4-12)9-21-7-5-13(6-8-21)18-14(22)19-15-20-17-10-23-15/h1-4,10,13H,5-9H2,(H2,18,19,20,22). The van der Waals surface area contributed by atoms with Crippen molar-refractivity contribution in [3.63, 3.8) is 0 Å². The molecular formula is C15H18FN5OS. The molecule has 2 amide bonds. The molecule has 1 aliphatic heterocycles. The second kappa shape index (κ2) is 7.47. The van der Waals surface area contributed by atoms with Crippen LogP contribution in [0, 0.1) is 5.82 Å². The fourth-order valence-corrected chi connectivity index (χ4v) is 3.07. The summed E-state index contributed by atoms with van der Waals surface area (Å²) in [5.74, 6) is -0.210. The number of anilines is 1. The predicted octanol–water partition coefficient (Wildman–Crippen LogP) is 2.46. The maximum Gasteiger partial charge on any atom is 0.321 e. The van der Waals surface area contributed by atoms with Gasteiger partial charge in [-0.05, 0) is 30.5 Å². The highest BCUT2D eigenvalue weighted by atomic mass is 32.1. The lowest BCUT2D eigenvalue weighted by molar-refractivity contribution is 0.190. The van der Waals surface area contributed by atoms with Crippen molar-refractivity contribution in [3.05, 3.63) is 41.2 Å². The number of nitrogens with zero attached hydrogens (tertiary/aromatic N) is 3. The zero-order valence-corrected chi connectivity index (χ0v) is 13.4. The van der Waals surface area contributed by atoms with E-state index in [0.29, 0.717) is 5.13 Å². The Morgan fingerprint density at radius 3 is 2.70 bits per heavy atom. The number of urea groups is 1. The number of hydrogen-bond acceptors (Lipinski definition) is 5. The van der Waals surface area contributed by atoms with E-state index in [1.54, 1.807) is 5.51 Å². The first-order chi connectivity index (χ1) is 11.2. The van der Waals surface area contributed by atoms with Gasteiger partial charge in [-0.15, -0.1) is 10.2 Å². The molecular weight excluding hydrogens is 317 g/mol. The first-order valence-corrected chi connectivity index (χ1v) is 8.37. The molecule has 8 heteroatoms. The van der Waals surface area contributed by atoms with Gasteiger partial charge in [0.15, 0.2) is 0 Å². The molecule has 6 nitrogen and oxygen atoms in total. The summed E-state index contributed by atoms with van der Waals surface area (Å²) >= 11 is 1.29. The smallest absolute Gasteiger partial charge is 0.321 e. The van der Waals surface area contributed by atoms with E-state index in [9.17, 15) is 9.18 Å². The molecule has 2 aromatic rings. The van der Waals surface area contributed by atoms with E-state index in [1.165, 1.54) is 23.5 Å². The highest BCUT2D eigenvalue weighted by Crippen LogP contribution is 2.15. The van der Waals surface area contributed by atoms with Gasteiger partial charge in [0.05, 0.1) is 0 Å². The van der Waals surface area contributed by atoms with E-state index in [-0.39, 0.29) is 17.9 Å². The van der Waals surface area contributed by atoms with Gasteiger partial charge in [0.25, 0.3) is 0 Å². The molecule has 0 aliphatic carbocycles. The number of carbonyl (C=O) groups excluding carboxylic acids is 1. The van der Waals surface area contributed by atoms with Gasteiger partial charge in [0.1, 0.15) is 11.3 Å². The number of amides is 2. The summed E-state index contributed by atoms with van der Waals surface area (Å²) in [4.78, 5) is 14.2. The summed E-state index contributed by atoms with van der Waals surface area (Å²) in [6.07, 6.45) is 1.79. The van der Waals surface area contributed by atoms with E-state index >= 15 is 0 Å². The Balaban J connectivity index is 1.41. The van der Waals surface area contributed by atoms with E-state index in [2.05, 4.69) is 25.7 Å². The Kier molecular flexibility index (Phi) is 5.14. The average molecular weight is 335 g/mol. The lowest BCUT2D eigenvalue weighted by atomic mass is 10.0. The number of aromatic nitrogens is 2. The molecule has 0 spiro atoms. The molecule has 1 aromatic heterocycles. The van der Waals surface area contributed by atoms with Crippen LogP contribution in [-0.2, 0) is 6.54 Å². The summed E-state index contributed by atoms with van der Waals surface area (Å²) in [7, 11) is 0. The summed E-state index contributed by atoms with van der Waals surface area (Å²) in [5, 5.41) is 13.6. The van der Waals surface area contributed by atoms with Crippen molar-refractivity contribution in [2.24, 2.45) is 0 Å². The molecule has 1 fully saturated rings. The van der Waals surface area contributed by atoms with Gasteiger partial charge >= 0.3 is 6.03 Å². The van der Waals surface area contributed by atoms with Crippen molar-refractivity contribution < 1.29 is 9.18 Å². The maximum absolute atomic E-state index is 12.9. The number of nitrogens with one attached hydrogen (secondary N) is 2. The number of halogens is 1. The van der Waals surface area contributed by atoms with Crippen LogP contribution in [0.2, 0.25) is 0 Å². The first kappa shape index (κ1) is 15.8. The lowest BCUT2D eigenvalue weighted by Crippen LogP contribution is -2.45. The van der Waals surface area contributed by atoms with Gasteiger partial charge in [-0.25, -0.2) is 9.18 Å². The molecule has 0 saturated carbocycles. The number of piperidine rings is 1. The van der Waals surface area contributed by atoms with Gasteiger partial charge in [0, 0.05) is 25.7 Å². The minimum absolute atomic E-state index is 0.160. The van der Waals surface area contributed by atoms with Crippen LogP contribution in [0.5, 0.6) is 0 Å². The largest absolute Gasteiger partial charge is 0.335 e. The molecule has 2 heterocycles. The third kappa shape index (κ3) is 4.70. The van der Waals surface area contributed by atoms with Crippen molar-refractivity contribution in [1.29, 1.82) is 0 Å².